The Kier molecular flexibility index (Phi) is 6.16. The second-order valence-corrected chi connectivity index (χ2v) is 9.60. The van der Waals surface area contributed by atoms with Gasteiger partial charge in [0.15, 0.2) is 0 Å². The number of aromatic nitrogens is 2. The molecule has 3 aromatic rings. The lowest BCUT2D eigenvalue weighted by Gasteiger charge is -2.51. The number of anilines is 1. The molecule has 1 saturated heterocycles. The number of halogens is 2. The fourth-order valence-electron chi connectivity index (χ4n) is 5.52. The molecule has 5 rings (SSSR count). The van der Waals surface area contributed by atoms with Crippen LogP contribution in [-0.4, -0.2) is 46.2 Å². The molecule has 7 nitrogen and oxygen atoms in total. The number of ether oxygens (including phenoxy) is 1. The minimum Gasteiger partial charge on any atom is -0.484 e. The first-order chi connectivity index (χ1) is 16.9. The molecular weight excluding hydrogens is 469 g/mol. The zero-order chi connectivity index (χ0) is 24.9. The van der Waals surface area contributed by atoms with Crippen LogP contribution in [0.4, 0.5) is 10.1 Å². The van der Waals surface area contributed by atoms with E-state index in [1.165, 1.54) is 10.6 Å². The number of rotatable bonds is 4. The SMILES string of the molecule is CCC(c1ccc(F)c(Cl)c1)N1C[C@H]2COc3c(c4nc(C#N)ccc4n(C)c3=O)N2C[C@H]1CC. The monoisotopic (exact) mass is 495 g/mol. The van der Waals surface area contributed by atoms with Crippen molar-refractivity contribution in [1.29, 1.82) is 5.26 Å². The van der Waals surface area contributed by atoms with Crippen LogP contribution in [0.25, 0.3) is 11.0 Å². The molecule has 182 valence electrons. The van der Waals surface area contributed by atoms with Gasteiger partial charge >= 0.3 is 0 Å². The lowest BCUT2D eigenvalue weighted by molar-refractivity contribution is 0.0720. The number of benzene rings is 1. The average Bonchev–Trinajstić information content (AvgIpc) is 2.88. The third kappa shape index (κ3) is 3.83. The molecule has 1 aromatic carbocycles. The Morgan fingerprint density at radius 1 is 1.29 bits per heavy atom. The molecule has 3 atom stereocenters. The smallest absolute Gasteiger partial charge is 0.295 e. The second-order valence-electron chi connectivity index (χ2n) is 9.19. The third-order valence-electron chi connectivity index (χ3n) is 7.32. The van der Waals surface area contributed by atoms with Crippen molar-refractivity contribution in [2.24, 2.45) is 7.05 Å². The van der Waals surface area contributed by atoms with Gasteiger partial charge in [-0.25, -0.2) is 9.37 Å². The van der Waals surface area contributed by atoms with E-state index in [0.717, 1.165) is 18.4 Å². The molecular formula is C26H27ClFN5O2. The third-order valence-corrected chi connectivity index (χ3v) is 7.61. The summed E-state index contributed by atoms with van der Waals surface area (Å²) in [5.41, 5.74) is 3.02. The summed E-state index contributed by atoms with van der Waals surface area (Å²) in [5.74, 6) is -0.128. The van der Waals surface area contributed by atoms with Crippen molar-refractivity contribution < 1.29 is 9.13 Å². The van der Waals surface area contributed by atoms with Gasteiger partial charge in [-0.1, -0.05) is 31.5 Å². The number of pyridine rings is 2. The molecule has 0 N–H and O–H groups in total. The van der Waals surface area contributed by atoms with Crippen LogP contribution in [0.1, 0.15) is 44.0 Å². The molecule has 0 bridgehead atoms. The van der Waals surface area contributed by atoms with Gasteiger partial charge < -0.3 is 14.2 Å². The van der Waals surface area contributed by atoms with E-state index in [0.29, 0.717) is 47.9 Å². The van der Waals surface area contributed by atoms with Crippen molar-refractivity contribution in [3.63, 3.8) is 0 Å². The first-order valence-corrected chi connectivity index (χ1v) is 12.3. The highest BCUT2D eigenvalue weighted by molar-refractivity contribution is 6.30. The summed E-state index contributed by atoms with van der Waals surface area (Å²) in [7, 11) is 1.70. The molecule has 4 heterocycles. The quantitative estimate of drug-likeness (QED) is 0.533. The van der Waals surface area contributed by atoms with Gasteiger partial charge in [0.1, 0.15) is 35.4 Å². The Morgan fingerprint density at radius 2 is 2.09 bits per heavy atom. The van der Waals surface area contributed by atoms with Crippen molar-refractivity contribution in [2.75, 3.05) is 24.6 Å². The Balaban J connectivity index is 1.58. The Bertz CT molecular complexity index is 1400. The maximum Gasteiger partial charge on any atom is 0.295 e. The Hall–Kier alpha value is -3.15. The van der Waals surface area contributed by atoms with Gasteiger partial charge in [-0.2, -0.15) is 5.26 Å². The molecule has 0 radical (unpaired) electrons. The van der Waals surface area contributed by atoms with Crippen LogP contribution < -0.4 is 15.2 Å². The van der Waals surface area contributed by atoms with Crippen LogP contribution in [0, 0.1) is 17.1 Å². The fourth-order valence-corrected chi connectivity index (χ4v) is 5.71. The van der Waals surface area contributed by atoms with Gasteiger partial charge in [0.2, 0.25) is 5.75 Å². The molecule has 2 aromatic heterocycles. The molecule has 2 aliphatic rings. The number of fused-ring (bicyclic) bond motifs is 5. The van der Waals surface area contributed by atoms with Crippen molar-refractivity contribution in [3.8, 4) is 11.8 Å². The number of hydrogen-bond acceptors (Lipinski definition) is 6. The Labute approximate surface area is 208 Å². The summed E-state index contributed by atoms with van der Waals surface area (Å²) in [4.78, 5) is 22.4. The predicted octanol–water partition coefficient (Wildman–Crippen LogP) is 4.41. The summed E-state index contributed by atoms with van der Waals surface area (Å²) < 4.78 is 21.4. The van der Waals surface area contributed by atoms with Crippen LogP contribution in [0.5, 0.6) is 5.75 Å². The lowest BCUT2D eigenvalue weighted by atomic mass is 9.94. The van der Waals surface area contributed by atoms with Crippen molar-refractivity contribution >= 4 is 28.3 Å². The van der Waals surface area contributed by atoms with E-state index in [2.05, 4.69) is 34.7 Å². The zero-order valence-electron chi connectivity index (χ0n) is 20.0. The normalized spacial score (nSPS) is 20.6. The van der Waals surface area contributed by atoms with Gasteiger partial charge in [0.05, 0.1) is 16.6 Å². The summed E-state index contributed by atoms with van der Waals surface area (Å²) in [5, 5.41) is 9.57. The summed E-state index contributed by atoms with van der Waals surface area (Å²) in [6, 6.07) is 10.7. The van der Waals surface area contributed by atoms with Gasteiger partial charge in [-0.15, -0.1) is 0 Å². The highest BCUT2D eigenvalue weighted by Gasteiger charge is 2.42. The minimum atomic E-state index is -0.419. The summed E-state index contributed by atoms with van der Waals surface area (Å²) in [6.07, 6.45) is 1.74. The first-order valence-electron chi connectivity index (χ1n) is 11.9. The average molecular weight is 496 g/mol. The number of aryl methyl sites for hydroxylation is 1. The standard InChI is InChI=1S/C26H27ClFN5O2/c1-4-17-12-33-18(13-32(17)21(5-2)15-6-8-20(28)19(27)10-15)14-35-25-24(33)23-22(31(3)26(25)34)9-7-16(11-29)30-23/h6-10,17-18,21H,4-5,12-14H2,1-3H3/t17-,18+,21?/m1/s1. The van der Waals surface area contributed by atoms with Crippen molar-refractivity contribution in [3.05, 3.63) is 62.8 Å². The van der Waals surface area contributed by atoms with Crippen molar-refractivity contribution in [1.82, 2.24) is 14.5 Å². The fraction of sp³-hybridized carbons (Fsp3) is 0.423. The van der Waals surface area contributed by atoms with Gasteiger partial charge in [0, 0.05) is 32.2 Å². The topological polar surface area (TPSA) is 74.4 Å². The van der Waals surface area contributed by atoms with Gasteiger partial charge in [-0.05, 0) is 42.7 Å². The second kappa shape index (κ2) is 9.14. The van der Waals surface area contributed by atoms with E-state index >= 15 is 0 Å². The van der Waals surface area contributed by atoms with E-state index in [1.807, 2.05) is 6.07 Å². The summed E-state index contributed by atoms with van der Waals surface area (Å²) >= 11 is 6.12. The molecule has 35 heavy (non-hydrogen) atoms. The van der Waals surface area contributed by atoms with E-state index < -0.39 is 5.82 Å². The first kappa shape index (κ1) is 23.6. The molecule has 9 heteroatoms. The molecule has 0 amide bonds. The maximum absolute atomic E-state index is 13.8. The van der Waals surface area contributed by atoms with Crippen LogP contribution in [0.3, 0.4) is 0 Å². The number of nitrogens with zero attached hydrogens (tertiary/aromatic N) is 5. The van der Waals surface area contributed by atoms with E-state index in [9.17, 15) is 14.4 Å². The molecule has 1 fully saturated rings. The van der Waals surface area contributed by atoms with E-state index in [1.54, 1.807) is 25.2 Å². The minimum absolute atomic E-state index is 0.00174. The predicted molar refractivity (Wildman–Crippen MR) is 134 cm³/mol. The van der Waals surface area contributed by atoms with Gasteiger partial charge in [-0.3, -0.25) is 9.69 Å². The van der Waals surface area contributed by atoms with Crippen molar-refractivity contribution in [2.45, 2.75) is 44.8 Å². The molecule has 0 aliphatic carbocycles. The number of hydrogen-bond donors (Lipinski definition) is 0. The largest absolute Gasteiger partial charge is 0.484 e. The van der Waals surface area contributed by atoms with E-state index in [4.69, 9.17) is 16.3 Å². The number of nitriles is 1. The van der Waals surface area contributed by atoms with Crippen LogP contribution in [0.15, 0.2) is 35.1 Å². The van der Waals surface area contributed by atoms with Crippen LogP contribution >= 0.6 is 11.6 Å². The summed E-state index contributed by atoms with van der Waals surface area (Å²) in [6.45, 7) is 6.04. The molecule has 0 saturated carbocycles. The highest BCUT2D eigenvalue weighted by atomic mass is 35.5. The molecule has 1 unspecified atom stereocenters. The Morgan fingerprint density at radius 3 is 2.77 bits per heavy atom. The van der Waals surface area contributed by atoms with Crippen LogP contribution in [-0.2, 0) is 7.05 Å². The molecule has 2 aliphatic heterocycles. The molecule has 0 spiro atoms. The number of piperazine rings is 1. The van der Waals surface area contributed by atoms with E-state index in [-0.39, 0.29) is 28.7 Å². The maximum atomic E-state index is 13.8. The lowest BCUT2D eigenvalue weighted by Crippen LogP contribution is -2.62. The van der Waals surface area contributed by atoms with Crippen LogP contribution in [0.2, 0.25) is 5.02 Å². The highest BCUT2D eigenvalue weighted by Crippen LogP contribution is 2.41. The zero-order valence-corrected chi connectivity index (χ0v) is 20.7. The van der Waals surface area contributed by atoms with Gasteiger partial charge in [0.25, 0.3) is 5.56 Å².